The van der Waals surface area contributed by atoms with Crippen molar-refractivity contribution < 1.29 is 4.57 Å². The zero-order chi connectivity index (χ0) is 24.5. The summed E-state index contributed by atoms with van der Waals surface area (Å²) in [6.45, 7) is 8.19. The molecule has 2 heteroatoms. The number of hydrogen-bond acceptors (Lipinski definition) is 0. The van der Waals surface area contributed by atoms with Crippen molar-refractivity contribution in [3.63, 3.8) is 0 Å². The molecule has 0 bridgehead atoms. The second-order valence-electron chi connectivity index (χ2n) is 11.2. The highest BCUT2D eigenvalue weighted by molar-refractivity contribution is 4.72. The van der Waals surface area contributed by atoms with Gasteiger partial charge in [0.05, 0.1) is 12.6 Å². The molecule has 0 aromatic carbocycles. The van der Waals surface area contributed by atoms with Crippen molar-refractivity contribution in [3.8, 4) is 0 Å². The third-order valence-corrected chi connectivity index (χ3v) is 7.72. The maximum atomic E-state index is 2.44. The summed E-state index contributed by atoms with van der Waals surface area (Å²) in [6, 6.07) is 0.640. The molecule has 0 radical (unpaired) electrons. The van der Waals surface area contributed by atoms with E-state index in [0.717, 1.165) is 0 Å². The Morgan fingerprint density at radius 2 is 0.912 bits per heavy atom. The van der Waals surface area contributed by atoms with Crippen molar-refractivity contribution in [2.75, 3.05) is 0 Å². The van der Waals surface area contributed by atoms with Gasteiger partial charge in [-0.25, -0.2) is 9.13 Å². The van der Waals surface area contributed by atoms with Crippen LogP contribution < -0.4 is 4.57 Å². The van der Waals surface area contributed by atoms with Gasteiger partial charge in [0, 0.05) is 0 Å². The zero-order valence-corrected chi connectivity index (χ0v) is 23.9. The van der Waals surface area contributed by atoms with Crippen molar-refractivity contribution in [1.82, 2.24) is 4.57 Å². The van der Waals surface area contributed by atoms with Gasteiger partial charge in [0.25, 0.3) is 0 Å². The number of unbranched alkanes of at least 4 members (excludes halogenated alkanes) is 21. The Hall–Kier alpha value is -0.790. The first-order chi connectivity index (χ1) is 16.8. The van der Waals surface area contributed by atoms with E-state index < -0.39 is 0 Å². The topological polar surface area (TPSA) is 8.81 Å². The van der Waals surface area contributed by atoms with E-state index in [2.05, 4.69) is 48.6 Å². The number of aromatic nitrogens is 2. The summed E-state index contributed by atoms with van der Waals surface area (Å²) >= 11 is 0. The Morgan fingerprint density at radius 3 is 1.35 bits per heavy atom. The van der Waals surface area contributed by atoms with Gasteiger partial charge >= 0.3 is 0 Å². The van der Waals surface area contributed by atoms with E-state index in [0.29, 0.717) is 6.04 Å². The van der Waals surface area contributed by atoms with Gasteiger partial charge in [-0.05, 0) is 32.6 Å². The van der Waals surface area contributed by atoms with Crippen LogP contribution in [-0.4, -0.2) is 4.57 Å². The van der Waals surface area contributed by atoms with Gasteiger partial charge in [-0.3, -0.25) is 0 Å². The van der Waals surface area contributed by atoms with Crippen LogP contribution in [0.15, 0.2) is 18.7 Å². The minimum atomic E-state index is 0.640. The van der Waals surface area contributed by atoms with Crippen molar-refractivity contribution in [1.29, 1.82) is 0 Å². The second-order valence-corrected chi connectivity index (χ2v) is 11.2. The van der Waals surface area contributed by atoms with E-state index >= 15 is 0 Å². The van der Waals surface area contributed by atoms with Gasteiger partial charge in [-0.2, -0.15) is 0 Å². The molecule has 0 aliphatic heterocycles. The van der Waals surface area contributed by atoms with Crippen LogP contribution in [0.2, 0.25) is 0 Å². The van der Waals surface area contributed by atoms with Crippen molar-refractivity contribution in [2.24, 2.45) is 0 Å². The van der Waals surface area contributed by atoms with Crippen molar-refractivity contribution >= 4 is 0 Å². The van der Waals surface area contributed by atoms with Crippen LogP contribution in [0.4, 0.5) is 0 Å². The molecule has 0 spiro atoms. The lowest BCUT2D eigenvalue weighted by Crippen LogP contribution is -2.31. The largest absolute Gasteiger partial charge is 0.243 e. The highest BCUT2D eigenvalue weighted by Crippen LogP contribution is 2.17. The maximum Gasteiger partial charge on any atom is 0.243 e. The van der Waals surface area contributed by atoms with Crippen molar-refractivity contribution in [2.45, 2.75) is 187 Å². The minimum absolute atomic E-state index is 0.640. The van der Waals surface area contributed by atoms with Gasteiger partial charge in [-0.15, -0.1) is 0 Å². The molecule has 0 amide bonds. The molecule has 1 aromatic rings. The fraction of sp³-hybridized carbons (Fsp3) is 0.906. The van der Waals surface area contributed by atoms with Crippen LogP contribution in [-0.2, 0) is 6.54 Å². The Kier molecular flexibility index (Phi) is 22.0. The Morgan fingerprint density at radius 1 is 0.529 bits per heavy atom. The normalized spacial score (nSPS) is 12.4. The molecule has 0 N–H and O–H groups in total. The maximum absolute atomic E-state index is 2.44. The first-order valence-electron chi connectivity index (χ1n) is 15.8. The number of nitrogens with zero attached hydrogens (tertiary/aromatic N) is 2. The first-order valence-corrected chi connectivity index (χ1v) is 15.8. The molecule has 0 saturated carbocycles. The predicted molar refractivity (Wildman–Crippen MR) is 151 cm³/mol. The molecule has 1 rings (SSSR count). The lowest BCUT2D eigenvalue weighted by molar-refractivity contribution is -0.697. The SMILES string of the molecule is CCCCCCCCCCCCCCC(C)n1cc[n+](CCCCCCCCCCCCC)c1. The summed E-state index contributed by atoms with van der Waals surface area (Å²) < 4.78 is 4.85. The zero-order valence-electron chi connectivity index (χ0n) is 23.9. The van der Waals surface area contributed by atoms with Gasteiger partial charge in [-0.1, -0.05) is 142 Å². The lowest BCUT2D eigenvalue weighted by atomic mass is 10.0. The predicted octanol–water partition coefficient (Wildman–Crippen LogP) is 10.7. The highest BCUT2D eigenvalue weighted by atomic mass is 15.1. The highest BCUT2D eigenvalue weighted by Gasteiger charge is 2.11. The Bertz CT molecular complexity index is 521. The molecule has 2 nitrogen and oxygen atoms in total. The molecule has 34 heavy (non-hydrogen) atoms. The minimum Gasteiger partial charge on any atom is -0.237 e. The number of imidazole rings is 1. The molecule has 0 aliphatic carbocycles. The summed E-state index contributed by atoms with van der Waals surface area (Å²) in [7, 11) is 0. The third-order valence-electron chi connectivity index (χ3n) is 7.72. The molecular formula is C32H63N2+. The average Bonchev–Trinajstić information content (AvgIpc) is 3.32. The van der Waals surface area contributed by atoms with E-state index in [9.17, 15) is 0 Å². The van der Waals surface area contributed by atoms with Crippen LogP contribution in [0, 0.1) is 0 Å². The second kappa shape index (κ2) is 23.9. The standard InChI is InChI=1S/C32H63N2/c1-4-6-8-10-12-14-16-17-19-21-23-25-27-32(3)34-30-29-33(31-34)28-26-24-22-20-18-15-13-11-9-7-5-2/h29-32H,4-28H2,1-3H3/q+1. The first kappa shape index (κ1) is 31.2. The molecule has 0 aliphatic rings. The van der Waals surface area contributed by atoms with Gasteiger partial charge in [0.15, 0.2) is 0 Å². The number of hydrogen-bond donors (Lipinski definition) is 0. The van der Waals surface area contributed by atoms with Gasteiger partial charge in [0.1, 0.15) is 12.4 Å². The number of aryl methyl sites for hydroxylation is 1. The molecule has 1 unspecified atom stereocenters. The van der Waals surface area contributed by atoms with Crippen LogP contribution in [0.25, 0.3) is 0 Å². The van der Waals surface area contributed by atoms with Gasteiger partial charge < -0.3 is 0 Å². The smallest absolute Gasteiger partial charge is 0.237 e. The van der Waals surface area contributed by atoms with E-state index in [4.69, 9.17) is 0 Å². The fourth-order valence-electron chi connectivity index (χ4n) is 5.19. The van der Waals surface area contributed by atoms with E-state index in [1.54, 1.807) is 0 Å². The Balaban J connectivity index is 1.92. The van der Waals surface area contributed by atoms with Crippen molar-refractivity contribution in [3.05, 3.63) is 18.7 Å². The fourth-order valence-corrected chi connectivity index (χ4v) is 5.19. The lowest BCUT2D eigenvalue weighted by Gasteiger charge is -2.08. The van der Waals surface area contributed by atoms with Gasteiger partial charge in [0.2, 0.25) is 6.33 Å². The Labute approximate surface area is 215 Å². The quantitative estimate of drug-likeness (QED) is 0.0930. The molecule has 0 fully saturated rings. The molecule has 200 valence electrons. The molecule has 1 atom stereocenters. The number of rotatable bonds is 26. The summed E-state index contributed by atoms with van der Waals surface area (Å²) in [6.07, 6.45) is 41.2. The average molecular weight is 476 g/mol. The third kappa shape index (κ3) is 18.5. The molecule has 1 heterocycles. The van der Waals surface area contributed by atoms with Crippen LogP contribution in [0.5, 0.6) is 0 Å². The molecule has 1 aromatic heterocycles. The van der Waals surface area contributed by atoms with E-state index in [1.165, 1.54) is 161 Å². The van der Waals surface area contributed by atoms with Crippen LogP contribution in [0.3, 0.4) is 0 Å². The van der Waals surface area contributed by atoms with E-state index in [1.807, 2.05) is 0 Å². The van der Waals surface area contributed by atoms with Crippen LogP contribution in [0.1, 0.15) is 181 Å². The van der Waals surface area contributed by atoms with E-state index in [-0.39, 0.29) is 0 Å². The summed E-state index contributed by atoms with van der Waals surface area (Å²) in [5.41, 5.74) is 0. The summed E-state index contributed by atoms with van der Waals surface area (Å²) in [4.78, 5) is 0. The van der Waals surface area contributed by atoms with Crippen LogP contribution >= 0.6 is 0 Å². The summed E-state index contributed by atoms with van der Waals surface area (Å²) in [5, 5.41) is 0. The summed E-state index contributed by atoms with van der Waals surface area (Å²) in [5.74, 6) is 0. The molecular weight excluding hydrogens is 412 g/mol. The molecule has 0 saturated heterocycles. The monoisotopic (exact) mass is 475 g/mol.